The van der Waals surface area contributed by atoms with E-state index in [-0.39, 0.29) is 11.9 Å². The van der Waals surface area contributed by atoms with E-state index in [0.29, 0.717) is 18.9 Å². The van der Waals surface area contributed by atoms with E-state index in [1.54, 1.807) is 13.1 Å². The highest BCUT2D eigenvalue weighted by Crippen LogP contribution is 2.31. The van der Waals surface area contributed by atoms with Crippen molar-refractivity contribution in [2.24, 2.45) is 4.99 Å². The minimum atomic E-state index is -4.38. The van der Waals surface area contributed by atoms with Crippen molar-refractivity contribution in [3.05, 3.63) is 29.8 Å². The van der Waals surface area contributed by atoms with E-state index in [0.717, 1.165) is 51.4 Å². The van der Waals surface area contributed by atoms with Crippen LogP contribution < -0.4 is 15.4 Å². The van der Waals surface area contributed by atoms with Gasteiger partial charge in [0.1, 0.15) is 11.9 Å². The van der Waals surface area contributed by atoms with E-state index in [1.807, 2.05) is 6.92 Å². The molecule has 1 aliphatic rings. The second-order valence-corrected chi connectivity index (χ2v) is 7.55. The van der Waals surface area contributed by atoms with Gasteiger partial charge in [-0.15, -0.1) is 0 Å². The molecule has 0 bridgehead atoms. The second kappa shape index (κ2) is 12.0. The molecule has 1 heterocycles. The largest absolute Gasteiger partial charge is 0.489 e. The summed E-state index contributed by atoms with van der Waals surface area (Å²) in [6.07, 6.45) is -2.82. The van der Waals surface area contributed by atoms with Gasteiger partial charge in [-0.3, -0.25) is 4.99 Å². The monoisotopic (exact) mass is 429 g/mol. The van der Waals surface area contributed by atoms with Crippen LogP contribution in [0.5, 0.6) is 5.75 Å². The zero-order valence-electron chi connectivity index (χ0n) is 18.1. The highest BCUT2D eigenvalue weighted by atomic mass is 19.4. The number of nitrogens with one attached hydrogen (secondary N) is 2. The van der Waals surface area contributed by atoms with Crippen LogP contribution >= 0.6 is 0 Å². The Labute approximate surface area is 177 Å². The molecule has 2 rings (SSSR count). The average molecular weight is 430 g/mol. The molecule has 1 atom stereocenters. The van der Waals surface area contributed by atoms with Gasteiger partial charge >= 0.3 is 6.18 Å². The minimum absolute atomic E-state index is 0.215. The highest BCUT2D eigenvalue weighted by Gasteiger charge is 2.30. The van der Waals surface area contributed by atoms with Crippen molar-refractivity contribution in [3.63, 3.8) is 0 Å². The van der Waals surface area contributed by atoms with Gasteiger partial charge in [0.25, 0.3) is 0 Å². The van der Waals surface area contributed by atoms with Crippen molar-refractivity contribution < 1.29 is 17.9 Å². The molecule has 30 heavy (non-hydrogen) atoms. The lowest BCUT2D eigenvalue weighted by Crippen LogP contribution is -2.45. The molecule has 1 aliphatic heterocycles. The molecule has 0 spiro atoms. The summed E-state index contributed by atoms with van der Waals surface area (Å²) in [6, 6.07) is 4.98. The van der Waals surface area contributed by atoms with Gasteiger partial charge < -0.3 is 25.2 Å². The van der Waals surface area contributed by atoms with E-state index >= 15 is 0 Å². The molecule has 0 aromatic heterocycles. The third-order valence-corrected chi connectivity index (χ3v) is 5.17. The van der Waals surface area contributed by atoms with E-state index in [4.69, 9.17) is 4.74 Å². The Bertz CT molecular complexity index is 668. The maximum Gasteiger partial charge on any atom is 0.416 e. The number of alkyl halides is 3. The summed E-state index contributed by atoms with van der Waals surface area (Å²) in [7, 11) is 3.85. The summed E-state index contributed by atoms with van der Waals surface area (Å²) in [6.45, 7) is 8.47. The molecule has 1 fully saturated rings. The number of aliphatic imine (C=N–C) groups is 1. The third-order valence-electron chi connectivity index (χ3n) is 5.17. The number of guanidine groups is 1. The minimum Gasteiger partial charge on any atom is -0.489 e. The van der Waals surface area contributed by atoms with Crippen molar-refractivity contribution in [2.75, 3.05) is 59.9 Å². The Kier molecular flexibility index (Phi) is 9.71. The molecule has 6 nitrogen and oxygen atoms in total. The molecular weight excluding hydrogens is 395 g/mol. The summed E-state index contributed by atoms with van der Waals surface area (Å²) in [5.74, 6) is 0.876. The normalized spacial score (nSPS) is 18.0. The van der Waals surface area contributed by atoms with Crippen LogP contribution in [0.1, 0.15) is 25.3 Å². The van der Waals surface area contributed by atoms with Crippen molar-refractivity contribution in [1.82, 2.24) is 20.4 Å². The van der Waals surface area contributed by atoms with Crippen LogP contribution in [-0.4, -0.2) is 81.8 Å². The number of benzene rings is 1. The molecule has 1 unspecified atom stereocenters. The van der Waals surface area contributed by atoms with E-state index < -0.39 is 11.7 Å². The standard InChI is InChI=1S/C21H34F3N5O/c1-4-18(30-19-8-5-7-17(15-19)21(22,23)24)16-27-20(25-2)26-9-12-29-11-6-10-28(3)13-14-29/h5,7-8,15,18H,4,6,9-14,16H2,1-3H3,(H2,25,26,27). The van der Waals surface area contributed by atoms with Crippen LogP contribution in [0.15, 0.2) is 29.3 Å². The molecule has 0 saturated carbocycles. The maximum absolute atomic E-state index is 12.9. The van der Waals surface area contributed by atoms with Gasteiger partial charge in [0.15, 0.2) is 5.96 Å². The van der Waals surface area contributed by atoms with Crippen LogP contribution in [0, 0.1) is 0 Å². The quantitative estimate of drug-likeness (QED) is 0.492. The summed E-state index contributed by atoms with van der Waals surface area (Å²) in [4.78, 5) is 9.01. The molecule has 0 radical (unpaired) electrons. The summed E-state index contributed by atoms with van der Waals surface area (Å²) < 4.78 is 44.4. The Morgan fingerprint density at radius 3 is 2.70 bits per heavy atom. The molecule has 1 aromatic rings. The molecule has 9 heteroatoms. The van der Waals surface area contributed by atoms with Crippen LogP contribution in [0.25, 0.3) is 0 Å². The molecule has 0 aliphatic carbocycles. The number of ether oxygens (including phenoxy) is 1. The lowest BCUT2D eigenvalue weighted by Gasteiger charge is -2.22. The van der Waals surface area contributed by atoms with Gasteiger partial charge in [-0.1, -0.05) is 13.0 Å². The van der Waals surface area contributed by atoms with Crippen molar-refractivity contribution in [1.29, 1.82) is 0 Å². The first-order valence-electron chi connectivity index (χ1n) is 10.5. The van der Waals surface area contributed by atoms with Crippen molar-refractivity contribution in [3.8, 4) is 5.75 Å². The number of hydrogen-bond acceptors (Lipinski definition) is 4. The van der Waals surface area contributed by atoms with Crippen LogP contribution in [0.2, 0.25) is 0 Å². The van der Waals surface area contributed by atoms with Gasteiger partial charge in [0.2, 0.25) is 0 Å². The fourth-order valence-electron chi connectivity index (χ4n) is 3.29. The first kappa shape index (κ1) is 24.3. The Morgan fingerprint density at radius 1 is 1.20 bits per heavy atom. The van der Waals surface area contributed by atoms with Crippen molar-refractivity contribution in [2.45, 2.75) is 32.0 Å². The van der Waals surface area contributed by atoms with E-state index in [2.05, 4.69) is 32.5 Å². The number of nitrogens with zero attached hydrogens (tertiary/aromatic N) is 3. The molecular formula is C21H34F3N5O. The number of rotatable bonds is 8. The van der Waals surface area contributed by atoms with Crippen LogP contribution in [0.4, 0.5) is 13.2 Å². The smallest absolute Gasteiger partial charge is 0.416 e. The molecule has 2 N–H and O–H groups in total. The molecule has 0 amide bonds. The zero-order chi connectivity index (χ0) is 22.0. The number of hydrogen-bond donors (Lipinski definition) is 2. The zero-order valence-corrected chi connectivity index (χ0v) is 18.1. The van der Waals surface area contributed by atoms with Crippen LogP contribution in [0.3, 0.4) is 0 Å². The molecule has 1 aromatic carbocycles. The number of halogens is 3. The Hall–Kier alpha value is -2.00. The predicted octanol–water partition coefficient (Wildman–Crippen LogP) is 2.67. The molecule has 170 valence electrons. The highest BCUT2D eigenvalue weighted by molar-refractivity contribution is 5.79. The third kappa shape index (κ3) is 8.39. The van der Waals surface area contributed by atoms with E-state index in [9.17, 15) is 13.2 Å². The van der Waals surface area contributed by atoms with Crippen LogP contribution in [-0.2, 0) is 6.18 Å². The fraction of sp³-hybridized carbons (Fsp3) is 0.667. The van der Waals surface area contributed by atoms with Gasteiger partial charge in [-0.25, -0.2) is 0 Å². The number of likely N-dealkylation sites (N-methyl/N-ethyl adjacent to an activating group) is 1. The topological polar surface area (TPSA) is 52.1 Å². The predicted molar refractivity (Wildman–Crippen MR) is 114 cm³/mol. The summed E-state index contributed by atoms with van der Waals surface area (Å²) in [5.41, 5.74) is -0.708. The first-order valence-corrected chi connectivity index (χ1v) is 10.5. The SMILES string of the molecule is CCC(CNC(=NC)NCCN1CCCN(C)CC1)Oc1cccc(C(F)(F)F)c1. The second-order valence-electron chi connectivity index (χ2n) is 7.55. The van der Waals surface area contributed by atoms with Gasteiger partial charge in [-0.2, -0.15) is 13.2 Å². The fourth-order valence-corrected chi connectivity index (χ4v) is 3.29. The first-order chi connectivity index (χ1) is 14.3. The van der Waals surface area contributed by atoms with Gasteiger partial charge in [0.05, 0.1) is 12.1 Å². The van der Waals surface area contributed by atoms with Crippen molar-refractivity contribution >= 4 is 5.96 Å². The lowest BCUT2D eigenvalue weighted by atomic mass is 10.2. The maximum atomic E-state index is 12.9. The lowest BCUT2D eigenvalue weighted by molar-refractivity contribution is -0.137. The van der Waals surface area contributed by atoms with Gasteiger partial charge in [-0.05, 0) is 51.2 Å². The van der Waals surface area contributed by atoms with Gasteiger partial charge in [0, 0.05) is 33.2 Å². The Balaban J connectivity index is 1.77. The molecule has 1 saturated heterocycles. The summed E-state index contributed by atoms with van der Waals surface area (Å²) in [5, 5.41) is 6.51. The average Bonchev–Trinajstić information content (AvgIpc) is 2.93. The van der Waals surface area contributed by atoms with E-state index in [1.165, 1.54) is 12.5 Å². The Morgan fingerprint density at radius 2 is 2.00 bits per heavy atom. The summed E-state index contributed by atoms with van der Waals surface area (Å²) >= 11 is 0.